The molecule has 0 aliphatic heterocycles. The second kappa shape index (κ2) is 65.9. The van der Waals surface area contributed by atoms with Crippen molar-refractivity contribution in [3.05, 3.63) is 48.6 Å². The smallest absolute Gasteiger partial charge is 0.306 e. The summed E-state index contributed by atoms with van der Waals surface area (Å²) in [5.41, 5.74) is 0. The van der Waals surface area contributed by atoms with E-state index in [0.29, 0.717) is 19.3 Å². The van der Waals surface area contributed by atoms with Crippen molar-refractivity contribution in [3.8, 4) is 0 Å². The molecule has 450 valence electrons. The third-order valence-corrected chi connectivity index (χ3v) is 15.3. The summed E-state index contributed by atoms with van der Waals surface area (Å²) in [6.07, 6.45) is 82.8. The van der Waals surface area contributed by atoms with E-state index in [1.54, 1.807) is 0 Å². The predicted molar refractivity (Wildman–Crippen MR) is 335 cm³/mol. The van der Waals surface area contributed by atoms with Crippen LogP contribution in [0.4, 0.5) is 0 Å². The molecule has 0 fully saturated rings. The SMILES string of the molecule is CC/C=C\C/C=C\C/C=C\C/C=C\CCCCCCCCC(=O)OC(COC(=O)CCCCCCCCCCCCCCC)COC(=O)CCCCCCCCCCCCCCCCCCCCCCCCCCCCC. The standard InChI is InChI=1S/C71H130O6/c1-4-7-10-13-16-19-22-25-27-29-31-32-33-34-35-36-37-38-40-41-43-46-49-52-55-58-61-64-70(73)76-67-68(66-75-69(72)63-60-57-54-51-48-45-24-21-18-15-12-9-6-3)77-71(74)65-62-59-56-53-50-47-44-42-39-30-28-26-23-20-17-14-11-8-5-2/h8,11,17,20,26,28,39,42,68H,4-7,9-10,12-16,18-19,21-25,27,29-38,40-41,43-67H2,1-3H3/b11-8-,20-17-,28-26-,42-39-. The molecule has 0 spiro atoms. The molecular formula is C71H130O6. The second-order valence-electron chi connectivity index (χ2n) is 23.1. The molecule has 0 aliphatic rings. The first kappa shape index (κ1) is 74.4. The second-order valence-corrected chi connectivity index (χ2v) is 23.1. The van der Waals surface area contributed by atoms with Crippen molar-refractivity contribution in [2.24, 2.45) is 0 Å². The molecule has 0 aromatic rings. The molecule has 0 aliphatic carbocycles. The number of rotatable bonds is 63. The lowest BCUT2D eigenvalue weighted by Crippen LogP contribution is -2.30. The van der Waals surface area contributed by atoms with E-state index in [-0.39, 0.29) is 31.1 Å². The fraction of sp³-hybridized carbons (Fsp3) is 0.845. The normalized spacial score (nSPS) is 12.3. The monoisotopic (exact) mass is 1080 g/mol. The average molecular weight is 1080 g/mol. The molecule has 0 radical (unpaired) electrons. The number of hydrogen-bond donors (Lipinski definition) is 0. The summed E-state index contributed by atoms with van der Waals surface area (Å²) in [4.78, 5) is 38.3. The summed E-state index contributed by atoms with van der Waals surface area (Å²) >= 11 is 0. The molecule has 77 heavy (non-hydrogen) atoms. The average Bonchev–Trinajstić information content (AvgIpc) is 3.43. The van der Waals surface area contributed by atoms with Gasteiger partial charge in [0.25, 0.3) is 0 Å². The van der Waals surface area contributed by atoms with Crippen molar-refractivity contribution in [2.75, 3.05) is 13.2 Å². The van der Waals surface area contributed by atoms with Gasteiger partial charge in [0.15, 0.2) is 6.10 Å². The van der Waals surface area contributed by atoms with Crippen LogP contribution >= 0.6 is 0 Å². The number of allylic oxidation sites excluding steroid dienone is 8. The van der Waals surface area contributed by atoms with Crippen LogP contribution in [0.15, 0.2) is 48.6 Å². The highest BCUT2D eigenvalue weighted by Gasteiger charge is 2.19. The molecule has 0 saturated carbocycles. The van der Waals surface area contributed by atoms with Crippen LogP contribution in [0.2, 0.25) is 0 Å². The van der Waals surface area contributed by atoms with E-state index in [1.165, 1.54) is 231 Å². The van der Waals surface area contributed by atoms with Gasteiger partial charge in [-0.3, -0.25) is 14.4 Å². The lowest BCUT2D eigenvalue weighted by atomic mass is 10.0. The van der Waals surface area contributed by atoms with E-state index in [2.05, 4.69) is 69.4 Å². The molecule has 6 nitrogen and oxygen atoms in total. The lowest BCUT2D eigenvalue weighted by molar-refractivity contribution is -0.167. The van der Waals surface area contributed by atoms with Gasteiger partial charge in [-0.2, -0.15) is 0 Å². The Morgan fingerprint density at radius 3 is 0.792 bits per heavy atom. The first-order valence-corrected chi connectivity index (χ1v) is 34.1. The van der Waals surface area contributed by atoms with E-state index >= 15 is 0 Å². The van der Waals surface area contributed by atoms with Crippen molar-refractivity contribution in [1.82, 2.24) is 0 Å². The van der Waals surface area contributed by atoms with Crippen molar-refractivity contribution in [2.45, 2.75) is 374 Å². The molecule has 0 saturated heterocycles. The third kappa shape index (κ3) is 64.1. The van der Waals surface area contributed by atoms with Gasteiger partial charge < -0.3 is 14.2 Å². The zero-order valence-electron chi connectivity index (χ0n) is 51.7. The molecule has 1 unspecified atom stereocenters. The van der Waals surface area contributed by atoms with Crippen LogP contribution in [0, 0.1) is 0 Å². The zero-order valence-corrected chi connectivity index (χ0v) is 51.7. The van der Waals surface area contributed by atoms with Crippen LogP contribution in [-0.2, 0) is 28.6 Å². The Morgan fingerprint density at radius 1 is 0.273 bits per heavy atom. The summed E-state index contributed by atoms with van der Waals surface area (Å²) in [6.45, 7) is 6.58. The highest BCUT2D eigenvalue weighted by Crippen LogP contribution is 2.18. The highest BCUT2D eigenvalue weighted by atomic mass is 16.6. The highest BCUT2D eigenvalue weighted by molar-refractivity contribution is 5.71. The molecule has 0 aromatic carbocycles. The summed E-state index contributed by atoms with van der Waals surface area (Å²) in [7, 11) is 0. The number of carbonyl (C=O) groups excluding carboxylic acids is 3. The predicted octanol–water partition coefficient (Wildman–Crippen LogP) is 23.3. The van der Waals surface area contributed by atoms with Gasteiger partial charge in [-0.15, -0.1) is 0 Å². The van der Waals surface area contributed by atoms with Crippen LogP contribution in [0.1, 0.15) is 367 Å². The van der Waals surface area contributed by atoms with E-state index in [4.69, 9.17) is 14.2 Å². The van der Waals surface area contributed by atoms with Crippen LogP contribution in [-0.4, -0.2) is 37.2 Å². The largest absolute Gasteiger partial charge is 0.462 e. The van der Waals surface area contributed by atoms with Crippen LogP contribution in [0.3, 0.4) is 0 Å². The Kier molecular flexibility index (Phi) is 63.6. The van der Waals surface area contributed by atoms with Crippen molar-refractivity contribution in [3.63, 3.8) is 0 Å². The molecule has 0 amide bonds. The fourth-order valence-electron chi connectivity index (χ4n) is 10.3. The maximum atomic E-state index is 12.9. The number of carbonyl (C=O) groups is 3. The summed E-state index contributed by atoms with van der Waals surface area (Å²) in [6, 6.07) is 0. The van der Waals surface area contributed by atoms with Crippen LogP contribution in [0.25, 0.3) is 0 Å². The van der Waals surface area contributed by atoms with E-state index in [1.807, 2.05) is 0 Å². The maximum Gasteiger partial charge on any atom is 0.306 e. The molecule has 0 N–H and O–H groups in total. The first-order chi connectivity index (χ1) is 38.0. The third-order valence-electron chi connectivity index (χ3n) is 15.3. The van der Waals surface area contributed by atoms with Gasteiger partial charge in [0.2, 0.25) is 0 Å². The number of ether oxygens (including phenoxy) is 3. The number of unbranched alkanes of at least 4 members (excludes halogenated alkanes) is 44. The van der Waals surface area contributed by atoms with Gasteiger partial charge in [-0.05, 0) is 57.8 Å². The summed E-state index contributed by atoms with van der Waals surface area (Å²) < 4.78 is 17.0. The van der Waals surface area contributed by atoms with Crippen molar-refractivity contribution in [1.29, 1.82) is 0 Å². The molecule has 0 rings (SSSR count). The summed E-state index contributed by atoms with van der Waals surface area (Å²) in [5.74, 6) is -0.863. The lowest BCUT2D eigenvalue weighted by Gasteiger charge is -2.18. The Bertz CT molecular complexity index is 1330. The minimum Gasteiger partial charge on any atom is -0.462 e. The van der Waals surface area contributed by atoms with Gasteiger partial charge in [0.1, 0.15) is 13.2 Å². The molecule has 1 atom stereocenters. The summed E-state index contributed by atoms with van der Waals surface area (Å²) in [5, 5.41) is 0. The van der Waals surface area contributed by atoms with E-state index in [0.717, 1.165) is 96.3 Å². The van der Waals surface area contributed by atoms with Gasteiger partial charge in [-0.25, -0.2) is 0 Å². The van der Waals surface area contributed by atoms with E-state index < -0.39 is 6.10 Å². The van der Waals surface area contributed by atoms with Gasteiger partial charge in [0.05, 0.1) is 0 Å². The van der Waals surface area contributed by atoms with E-state index in [9.17, 15) is 14.4 Å². The van der Waals surface area contributed by atoms with Crippen molar-refractivity contribution < 1.29 is 28.6 Å². The number of hydrogen-bond acceptors (Lipinski definition) is 6. The maximum absolute atomic E-state index is 12.9. The minimum absolute atomic E-state index is 0.0740. The Hall–Kier alpha value is -2.63. The Labute approximate surface area is 479 Å². The molecule has 0 heterocycles. The molecular weight excluding hydrogens is 949 g/mol. The van der Waals surface area contributed by atoms with Gasteiger partial charge in [0, 0.05) is 19.3 Å². The van der Waals surface area contributed by atoms with Gasteiger partial charge >= 0.3 is 17.9 Å². The number of esters is 3. The van der Waals surface area contributed by atoms with Crippen LogP contribution in [0.5, 0.6) is 0 Å². The minimum atomic E-state index is -0.779. The first-order valence-electron chi connectivity index (χ1n) is 34.1. The zero-order chi connectivity index (χ0) is 55.7. The van der Waals surface area contributed by atoms with Crippen molar-refractivity contribution >= 4 is 17.9 Å². The van der Waals surface area contributed by atoms with Gasteiger partial charge in [-0.1, -0.05) is 339 Å². The Morgan fingerprint density at radius 2 is 0.506 bits per heavy atom. The quantitative estimate of drug-likeness (QED) is 0.0261. The topological polar surface area (TPSA) is 78.9 Å². The Balaban J connectivity index is 4.22. The molecule has 0 bridgehead atoms. The van der Waals surface area contributed by atoms with Crippen LogP contribution < -0.4 is 0 Å². The molecule has 6 heteroatoms. The fourth-order valence-corrected chi connectivity index (χ4v) is 10.3. The molecule has 0 aromatic heterocycles.